The van der Waals surface area contributed by atoms with Crippen LogP contribution in [-0.2, 0) is 25.7 Å². The number of hydrogen-bond donors (Lipinski definition) is 4. The van der Waals surface area contributed by atoms with Gasteiger partial charge in [-0.3, -0.25) is 25.2 Å². The molecule has 5 amide bonds. The summed E-state index contributed by atoms with van der Waals surface area (Å²) in [5.41, 5.74) is 4.64. The Hall–Kier alpha value is -4.40. The van der Waals surface area contributed by atoms with Gasteiger partial charge in [0, 0.05) is 29.2 Å². The second-order valence-corrected chi connectivity index (χ2v) is 12.4. The topological polar surface area (TPSA) is 155 Å². The highest BCUT2D eigenvalue weighted by molar-refractivity contribution is 7.99. The molecule has 0 saturated carbocycles. The lowest BCUT2D eigenvalue weighted by Crippen LogP contribution is -2.55. The number of anilines is 1. The predicted molar refractivity (Wildman–Crippen MR) is 156 cm³/mol. The molecule has 2 aromatic rings. The zero-order chi connectivity index (χ0) is 32.1. The second kappa shape index (κ2) is 13.5. The average Bonchev–Trinajstić information content (AvgIpc) is 3.10. The fourth-order valence-corrected chi connectivity index (χ4v) is 5.45. The van der Waals surface area contributed by atoms with Crippen molar-refractivity contribution in [3.8, 4) is 0 Å². The number of nitrogens with one attached hydrogen (secondary N) is 4. The summed E-state index contributed by atoms with van der Waals surface area (Å²) in [7, 11) is 0. The quantitative estimate of drug-likeness (QED) is 0.364. The Bertz CT molecular complexity index is 1420. The molecular formula is C29H33F2N5O7S. The number of nitrogens with zero attached hydrogens (tertiary/aromatic N) is 1. The van der Waals surface area contributed by atoms with Crippen LogP contribution < -0.4 is 21.5 Å². The van der Waals surface area contributed by atoms with Gasteiger partial charge in [0.1, 0.15) is 18.2 Å². The molecule has 1 unspecified atom stereocenters. The first-order valence-electron chi connectivity index (χ1n) is 13.7. The van der Waals surface area contributed by atoms with Crippen molar-refractivity contribution in [2.45, 2.75) is 56.3 Å². The van der Waals surface area contributed by atoms with Gasteiger partial charge in [-0.25, -0.2) is 18.4 Å². The minimum Gasteiger partial charge on any atom is -0.445 e. The van der Waals surface area contributed by atoms with Crippen LogP contribution in [0.25, 0.3) is 0 Å². The van der Waals surface area contributed by atoms with Crippen LogP contribution in [0.4, 0.5) is 24.1 Å². The minimum atomic E-state index is -3.35. The van der Waals surface area contributed by atoms with Crippen molar-refractivity contribution in [1.82, 2.24) is 21.1 Å². The molecule has 2 heterocycles. The first-order chi connectivity index (χ1) is 20.7. The number of fused-ring (bicyclic) bond motifs is 1. The molecule has 2 aliphatic heterocycles. The average molecular weight is 634 g/mol. The van der Waals surface area contributed by atoms with Crippen LogP contribution in [0.15, 0.2) is 53.4 Å². The number of benzene rings is 2. The van der Waals surface area contributed by atoms with Crippen LogP contribution in [0.5, 0.6) is 0 Å². The fourth-order valence-electron chi connectivity index (χ4n) is 4.44. The van der Waals surface area contributed by atoms with Crippen molar-refractivity contribution in [3.05, 3.63) is 59.7 Å². The zero-order valence-corrected chi connectivity index (χ0v) is 25.1. The van der Waals surface area contributed by atoms with E-state index in [0.29, 0.717) is 16.1 Å². The molecular weight excluding hydrogens is 600 g/mol. The van der Waals surface area contributed by atoms with Crippen molar-refractivity contribution in [1.29, 1.82) is 0 Å². The molecule has 0 bridgehead atoms. The molecule has 4 rings (SSSR count). The van der Waals surface area contributed by atoms with E-state index in [2.05, 4.69) is 21.5 Å². The maximum atomic E-state index is 14.5. The second-order valence-electron chi connectivity index (χ2n) is 11.3. The third-order valence-corrected chi connectivity index (χ3v) is 7.62. The lowest BCUT2D eigenvalue weighted by atomic mass is 9.95. The van der Waals surface area contributed by atoms with Gasteiger partial charge in [-0.15, -0.1) is 11.8 Å². The first-order valence-corrected chi connectivity index (χ1v) is 14.7. The molecule has 2 atom stereocenters. The largest absolute Gasteiger partial charge is 0.445 e. The lowest BCUT2D eigenvalue weighted by Gasteiger charge is -2.36. The molecule has 2 aromatic carbocycles. The van der Waals surface area contributed by atoms with E-state index in [-0.39, 0.29) is 24.5 Å². The molecule has 2 aliphatic rings. The van der Waals surface area contributed by atoms with Crippen molar-refractivity contribution in [2.24, 2.45) is 5.92 Å². The summed E-state index contributed by atoms with van der Waals surface area (Å²) >= 11 is 1.27. The molecule has 0 radical (unpaired) electrons. The Kier molecular flexibility index (Phi) is 9.97. The third-order valence-electron chi connectivity index (χ3n) is 6.45. The van der Waals surface area contributed by atoms with Crippen LogP contribution in [-0.4, -0.2) is 71.2 Å². The van der Waals surface area contributed by atoms with Gasteiger partial charge in [0.05, 0.1) is 18.2 Å². The van der Waals surface area contributed by atoms with E-state index in [1.54, 1.807) is 57.2 Å². The molecule has 1 fully saturated rings. The molecule has 15 heteroatoms. The number of likely N-dealkylation sites (tertiary alicyclic amines) is 1. The number of carbonyl (C=O) groups is 5. The smallest absolute Gasteiger partial charge is 0.410 e. The van der Waals surface area contributed by atoms with E-state index >= 15 is 0 Å². The Morgan fingerprint density at radius 1 is 1.09 bits per heavy atom. The van der Waals surface area contributed by atoms with E-state index in [9.17, 15) is 32.8 Å². The van der Waals surface area contributed by atoms with Gasteiger partial charge < -0.3 is 25.0 Å². The summed E-state index contributed by atoms with van der Waals surface area (Å²) in [6.45, 7) is 3.75. The standard InChI is InChI=1S/C29H33F2N5O7S/c1-28(2,3)43-26(40)33-21-15-44-22-10-9-18(11-20(22)32-25(21)39)23(37)34-35-24(38)19-12-29(30,31)16-36(13-19)27(41)42-14-17-7-5-4-6-8-17/h4-11,19,21H,12-16H2,1-3H3,(H,32,39)(H,33,40)(H,34,37)(H,35,38)/t19?,21-/m0/s1. The van der Waals surface area contributed by atoms with Crippen molar-refractivity contribution < 1.29 is 42.2 Å². The Balaban J connectivity index is 1.32. The number of thioether (sulfide) groups is 1. The van der Waals surface area contributed by atoms with Crippen molar-refractivity contribution >= 4 is 47.4 Å². The van der Waals surface area contributed by atoms with Gasteiger partial charge in [-0.2, -0.15) is 0 Å². The lowest BCUT2D eigenvalue weighted by molar-refractivity contribution is -0.136. The number of ether oxygens (including phenoxy) is 2. The van der Waals surface area contributed by atoms with Gasteiger partial charge in [0.2, 0.25) is 11.8 Å². The highest BCUT2D eigenvalue weighted by Gasteiger charge is 2.45. The number of halogens is 2. The van der Waals surface area contributed by atoms with Crippen LogP contribution in [0.2, 0.25) is 0 Å². The monoisotopic (exact) mass is 633 g/mol. The number of hydrazine groups is 1. The molecule has 1 saturated heterocycles. The number of alkyl carbamates (subject to hydrolysis) is 1. The summed E-state index contributed by atoms with van der Waals surface area (Å²) in [4.78, 5) is 64.3. The number of amides is 5. The van der Waals surface area contributed by atoms with Gasteiger partial charge in [0.25, 0.3) is 11.8 Å². The highest BCUT2D eigenvalue weighted by Crippen LogP contribution is 2.33. The number of rotatable bonds is 5. The van der Waals surface area contributed by atoms with Crippen LogP contribution in [0.1, 0.15) is 43.1 Å². The van der Waals surface area contributed by atoms with Gasteiger partial charge in [0.15, 0.2) is 0 Å². The van der Waals surface area contributed by atoms with E-state index in [0.717, 1.165) is 4.90 Å². The summed E-state index contributed by atoms with van der Waals surface area (Å²) in [5.74, 6) is -6.65. The van der Waals surface area contributed by atoms with Crippen LogP contribution in [0, 0.1) is 5.92 Å². The van der Waals surface area contributed by atoms with Gasteiger partial charge in [-0.05, 0) is 44.5 Å². The summed E-state index contributed by atoms with van der Waals surface area (Å²) in [6.07, 6.45) is -2.55. The molecule has 0 aromatic heterocycles. The normalized spacial score (nSPS) is 19.4. The van der Waals surface area contributed by atoms with E-state index in [1.165, 1.54) is 23.9 Å². The summed E-state index contributed by atoms with van der Waals surface area (Å²) < 4.78 is 39.3. The number of carbonyl (C=O) groups excluding carboxylic acids is 5. The van der Waals surface area contributed by atoms with Crippen molar-refractivity contribution in [3.63, 3.8) is 0 Å². The van der Waals surface area contributed by atoms with Gasteiger partial charge >= 0.3 is 12.2 Å². The van der Waals surface area contributed by atoms with Crippen LogP contribution in [0.3, 0.4) is 0 Å². The number of alkyl halides is 2. The Morgan fingerprint density at radius 2 is 1.82 bits per heavy atom. The third kappa shape index (κ3) is 9.05. The molecule has 0 aliphatic carbocycles. The number of piperidine rings is 1. The van der Waals surface area contributed by atoms with E-state index < -0.39 is 66.4 Å². The van der Waals surface area contributed by atoms with E-state index in [4.69, 9.17) is 9.47 Å². The first kappa shape index (κ1) is 32.5. The fraction of sp³-hybridized carbons (Fsp3) is 0.414. The predicted octanol–water partition coefficient (Wildman–Crippen LogP) is 3.68. The molecule has 12 nitrogen and oxygen atoms in total. The maximum absolute atomic E-state index is 14.5. The highest BCUT2D eigenvalue weighted by atomic mass is 32.2. The Morgan fingerprint density at radius 3 is 2.52 bits per heavy atom. The maximum Gasteiger partial charge on any atom is 0.410 e. The number of hydrogen-bond acceptors (Lipinski definition) is 8. The minimum absolute atomic E-state index is 0.0589. The zero-order valence-electron chi connectivity index (χ0n) is 24.3. The molecule has 0 spiro atoms. The summed E-state index contributed by atoms with van der Waals surface area (Å²) in [6, 6.07) is 12.2. The Labute approximate surface area is 256 Å². The SMILES string of the molecule is CC(C)(C)OC(=O)N[C@H]1CSc2ccc(C(=O)NNC(=O)C3CN(C(=O)OCc4ccccc4)CC(F)(F)C3)cc2NC1=O. The van der Waals surface area contributed by atoms with Crippen molar-refractivity contribution in [2.75, 3.05) is 24.2 Å². The molecule has 44 heavy (non-hydrogen) atoms. The summed E-state index contributed by atoms with van der Waals surface area (Å²) in [5, 5.41) is 5.19. The molecule has 236 valence electrons. The molecule has 4 N–H and O–H groups in total. The van der Waals surface area contributed by atoms with E-state index in [1.807, 2.05) is 0 Å². The van der Waals surface area contributed by atoms with Gasteiger partial charge in [-0.1, -0.05) is 30.3 Å². The van der Waals surface area contributed by atoms with Crippen LogP contribution >= 0.6 is 11.8 Å².